The summed E-state index contributed by atoms with van der Waals surface area (Å²) in [6, 6.07) is 22.1. The maximum atomic E-state index is 13.1. The molecule has 4 aromatic rings. The number of halogens is 1. The molecule has 0 aliphatic rings. The van der Waals surface area contributed by atoms with Gasteiger partial charge in [0.15, 0.2) is 16.8 Å². The molecule has 0 bridgehead atoms. The molecule has 0 spiro atoms. The molecule has 162 valence electrons. The Balaban J connectivity index is 1.52. The first kappa shape index (κ1) is 22.0. The van der Waals surface area contributed by atoms with Crippen LogP contribution < -0.4 is 0 Å². The van der Waals surface area contributed by atoms with Crippen molar-refractivity contribution >= 4 is 17.5 Å². The molecule has 1 aromatic heterocycles. The molecule has 1 heterocycles. The van der Waals surface area contributed by atoms with E-state index < -0.39 is 0 Å². The third-order valence-electron chi connectivity index (χ3n) is 5.36. The van der Waals surface area contributed by atoms with Crippen molar-refractivity contribution in [3.05, 3.63) is 95.3 Å². The minimum absolute atomic E-state index is 0.0196. The summed E-state index contributed by atoms with van der Waals surface area (Å²) in [5.74, 6) is 1.20. The van der Waals surface area contributed by atoms with Gasteiger partial charge in [-0.05, 0) is 67.8 Å². The number of carbonyl (C=O) groups excluding carboxylic acids is 1. The van der Waals surface area contributed by atoms with Gasteiger partial charge in [-0.1, -0.05) is 48.2 Å². The number of nitrogens with zero attached hydrogens (tertiary/aromatic N) is 3. The maximum Gasteiger partial charge on any atom is 0.196 e. The molecule has 0 aliphatic carbocycles. The smallest absolute Gasteiger partial charge is 0.196 e. The van der Waals surface area contributed by atoms with Crippen molar-refractivity contribution in [1.82, 2.24) is 14.8 Å². The van der Waals surface area contributed by atoms with Crippen LogP contribution in [0.25, 0.3) is 17.1 Å². The summed E-state index contributed by atoms with van der Waals surface area (Å²) in [7, 11) is 0. The molecule has 0 aliphatic heterocycles. The van der Waals surface area contributed by atoms with Crippen molar-refractivity contribution in [2.24, 2.45) is 0 Å². The molecule has 4 rings (SSSR count). The van der Waals surface area contributed by atoms with Crippen LogP contribution in [-0.4, -0.2) is 26.3 Å². The quantitative estimate of drug-likeness (QED) is 0.178. The lowest BCUT2D eigenvalue weighted by atomic mass is 10.1. The van der Waals surface area contributed by atoms with Gasteiger partial charge >= 0.3 is 0 Å². The molecular formula is C26H24FN3OS. The molecule has 6 heteroatoms. The Kier molecular flexibility index (Phi) is 6.81. The van der Waals surface area contributed by atoms with Crippen molar-refractivity contribution in [3.63, 3.8) is 0 Å². The average molecular weight is 446 g/mol. The summed E-state index contributed by atoms with van der Waals surface area (Å²) in [6.07, 6.45) is 1.10. The fraction of sp³-hybridized carbons (Fsp3) is 0.192. The Hall–Kier alpha value is -3.25. The summed E-state index contributed by atoms with van der Waals surface area (Å²) in [5.41, 5.74) is 4.99. The van der Waals surface area contributed by atoms with Crippen LogP contribution in [-0.2, 0) is 0 Å². The van der Waals surface area contributed by atoms with Crippen molar-refractivity contribution in [2.75, 3.05) is 5.75 Å². The van der Waals surface area contributed by atoms with Gasteiger partial charge in [0.1, 0.15) is 5.82 Å². The van der Waals surface area contributed by atoms with Crippen molar-refractivity contribution < 1.29 is 9.18 Å². The summed E-state index contributed by atoms with van der Waals surface area (Å²) >= 11 is 1.58. The zero-order valence-electron chi connectivity index (χ0n) is 18.1. The SMILES string of the molecule is Cc1ccc(-n2c(SCCCC(=O)c3ccc(F)cc3)nnc2-c2ccccc2)cc1C. The third-order valence-corrected chi connectivity index (χ3v) is 6.37. The topological polar surface area (TPSA) is 47.8 Å². The minimum atomic E-state index is -0.336. The number of aromatic nitrogens is 3. The highest BCUT2D eigenvalue weighted by molar-refractivity contribution is 7.99. The summed E-state index contributed by atoms with van der Waals surface area (Å²) in [6.45, 7) is 4.19. The lowest BCUT2D eigenvalue weighted by molar-refractivity contribution is 0.0982. The van der Waals surface area contributed by atoms with E-state index >= 15 is 0 Å². The van der Waals surface area contributed by atoms with Crippen molar-refractivity contribution in [3.8, 4) is 17.1 Å². The maximum absolute atomic E-state index is 13.1. The first-order chi connectivity index (χ1) is 15.5. The summed E-state index contributed by atoms with van der Waals surface area (Å²) in [5, 5.41) is 9.72. The second-order valence-corrected chi connectivity index (χ2v) is 8.72. The zero-order chi connectivity index (χ0) is 22.5. The summed E-state index contributed by atoms with van der Waals surface area (Å²) < 4.78 is 15.1. The standard InChI is InChI=1S/C26H24FN3OS/c1-18-10-15-23(17-19(18)2)30-25(21-7-4-3-5-8-21)28-29-26(30)32-16-6-9-24(31)20-11-13-22(27)14-12-20/h3-5,7-8,10-15,17H,6,9,16H2,1-2H3. The van der Waals surface area contributed by atoms with E-state index in [1.54, 1.807) is 11.8 Å². The Morgan fingerprint density at radius 2 is 1.69 bits per heavy atom. The normalized spacial score (nSPS) is 11.0. The van der Waals surface area contributed by atoms with Crippen LogP contribution in [0, 0.1) is 19.7 Å². The number of hydrogen-bond donors (Lipinski definition) is 0. The van der Waals surface area contributed by atoms with Crippen LogP contribution in [0.3, 0.4) is 0 Å². The van der Waals surface area contributed by atoms with Gasteiger partial charge in [0.05, 0.1) is 5.69 Å². The van der Waals surface area contributed by atoms with Gasteiger partial charge in [-0.25, -0.2) is 4.39 Å². The van der Waals surface area contributed by atoms with E-state index in [0.717, 1.165) is 28.0 Å². The molecule has 4 nitrogen and oxygen atoms in total. The van der Waals surface area contributed by atoms with Gasteiger partial charge in [-0.2, -0.15) is 0 Å². The lowest BCUT2D eigenvalue weighted by Crippen LogP contribution is -2.02. The Morgan fingerprint density at radius 3 is 2.41 bits per heavy atom. The highest BCUT2D eigenvalue weighted by Crippen LogP contribution is 2.29. The highest BCUT2D eigenvalue weighted by Gasteiger charge is 2.17. The molecule has 0 amide bonds. The van der Waals surface area contributed by atoms with Crippen molar-refractivity contribution in [1.29, 1.82) is 0 Å². The van der Waals surface area contributed by atoms with Crippen LogP contribution in [0.4, 0.5) is 4.39 Å². The molecule has 0 saturated heterocycles. The van der Waals surface area contributed by atoms with Gasteiger partial charge in [0.2, 0.25) is 0 Å². The fourth-order valence-corrected chi connectivity index (χ4v) is 4.30. The van der Waals surface area contributed by atoms with Crippen LogP contribution in [0.2, 0.25) is 0 Å². The van der Waals surface area contributed by atoms with Crippen LogP contribution >= 0.6 is 11.8 Å². The number of rotatable bonds is 8. The zero-order valence-corrected chi connectivity index (χ0v) is 18.9. The molecule has 32 heavy (non-hydrogen) atoms. The molecule has 0 unspecified atom stereocenters. The van der Waals surface area contributed by atoms with E-state index in [9.17, 15) is 9.18 Å². The van der Waals surface area contributed by atoms with Gasteiger partial charge < -0.3 is 0 Å². The lowest BCUT2D eigenvalue weighted by Gasteiger charge is -2.12. The number of carbonyl (C=O) groups is 1. The largest absolute Gasteiger partial charge is 0.294 e. The van der Waals surface area contributed by atoms with Crippen LogP contribution in [0.5, 0.6) is 0 Å². The van der Waals surface area contributed by atoms with E-state index in [0.29, 0.717) is 18.4 Å². The second kappa shape index (κ2) is 9.92. The van der Waals surface area contributed by atoms with Gasteiger partial charge in [0, 0.05) is 23.3 Å². The number of Topliss-reactive ketones (excluding diaryl/α,β-unsaturated/α-hetero) is 1. The van der Waals surface area contributed by atoms with E-state index in [1.165, 1.54) is 35.4 Å². The minimum Gasteiger partial charge on any atom is -0.294 e. The number of benzene rings is 3. The summed E-state index contributed by atoms with van der Waals surface area (Å²) in [4.78, 5) is 12.3. The van der Waals surface area contributed by atoms with Gasteiger partial charge in [0.25, 0.3) is 0 Å². The molecule has 0 radical (unpaired) electrons. The van der Waals surface area contributed by atoms with Crippen LogP contribution in [0.15, 0.2) is 78.0 Å². The number of ketones is 1. The first-order valence-corrected chi connectivity index (χ1v) is 11.5. The van der Waals surface area contributed by atoms with E-state index in [2.05, 4.69) is 46.8 Å². The van der Waals surface area contributed by atoms with E-state index in [1.807, 2.05) is 30.3 Å². The molecule has 0 fully saturated rings. The molecule has 0 N–H and O–H groups in total. The molecule has 0 saturated carbocycles. The fourth-order valence-electron chi connectivity index (χ4n) is 3.41. The molecular weight excluding hydrogens is 421 g/mol. The second-order valence-electron chi connectivity index (χ2n) is 7.66. The number of hydrogen-bond acceptors (Lipinski definition) is 4. The van der Waals surface area contributed by atoms with Gasteiger partial charge in [-0.15, -0.1) is 10.2 Å². The van der Waals surface area contributed by atoms with E-state index in [4.69, 9.17) is 0 Å². The highest BCUT2D eigenvalue weighted by atomic mass is 32.2. The van der Waals surface area contributed by atoms with Crippen molar-refractivity contribution in [2.45, 2.75) is 31.8 Å². The Bertz CT molecular complexity index is 1220. The van der Waals surface area contributed by atoms with Crippen LogP contribution in [0.1, 0.15) is 34.3 Å². The predicted molar refractivity (Wildman–Crippen MR) is 127 cm³/mol. The first-order valence-electron chi connectivity index (χ1n) is 10.5. The predicted octanol–water partition coefficient (Wildman–Crippen LogP) is 6.45. The number of aryl methyl sites for hydroxylation is 2. The van der Waals surface area contributed by atoms with E-state index in [-0.39, 0.29) is 11.6 Å². The monoisotopic (exact) mass is 445 g/mol. The third kappa shape index (κ3) is 4.97. The molecule has 0 atom stereocenters. The average Bonchev–Trinajstić information content (AvgIpc) is 3.23. The Labute approximate surface area is 191 Å². The van der Waals surface area contributed by atoms with Gasteiger partial charge in [-0.3, -0.25) is 9.36 Å². The number of thioether (sulfide) groups is 1. The molecule has 3 aromatic carbocycles. The Morgan fingerprint density at radius 1 is 0.938 bits per heavy atom.